The summed E-state index contributed by atoms with van der Waals surface area (Å²) < 4.78 is 5.33. The maximum atomic E-state index is 5.33. The molecule has 3 heteroatoms. The number of hydrogen-bond donors (Lipinski definition) is 1. The van der Waals surface area contributed by atoms with Gasteiger partial charge in [-0.1, -0.05) is 54.1 Å². The zero-order chi connectivity index (χ0) is 20.6. The highest BCUT2D eigenvalue weighted by Gasteiger charge is 2.14. The van der Waals surface area contributed by atoms with Gasteiger partial charge < -0.3 is 15.0 Å². The second-order valence-electron chi connectivity index (χ2n) is 7.76. The fraction of sp³-hybridized carbons (Fsp3) is 0.308. The maximum absolute atomic E-state index is 5.33. The fourth-order valence-corrected chi connectivity index (χ4v) is 3.55. The van der Waals surface area contributed by atoms with E-state index in [2.05, 4.69) is 104 Å². The molecule has 1 atom stereocenters. The van der Waals surface area contributed by atoms with Crippen molar-refractivity contribution in [2.45, 2.75) is 25.8 Å². The molecule has 1 N–H and O–H groups in total. The van der Waals surface area contributed by atoms with Crippen LogP contribution in [0.5, 0.6) is 5.75 Å². The third-order valence-corrected chi connectivity index (χ3v) is 5.39. The molecule has 152 valence electrons. The molecule has 0 spiro atoms. The van der Waals surface area contributed by atoms with E-state index in [1.807, 2.05) is 0 Å². The lowest BCUT2D eigenvalue weighted by atomic mass is 9.88. The van der Waals surface area contributed by atoms with Gasteiger partial charge in [-0.05, 0) is 60.8 Å². The Bertz CT molecular complexity index is 868. The van der Waals surface area contributed by atoms with Gasteiger partial charge in [0.15, 0.2) is 0 Å². The van der Waals surface area contributed by atoms with Gasteiger partial charge in [0.05, 0.1) is 7.11 Å². The van der Waals surface area contributed by atoms with Crippen molar-refractivity contribution in [1.29, 1.82) is 0 Å². The second-order valence-corrected chi connectivity index (χ2v) is 7.76. The Morgan fingerprint density at radius 3 is 1.97 bits per heavy atom. The first-order valence-electron chi connectivity index (χ1n) is 10.2. The molecule has 0 aliphatic heterocycles. The average Bonchev–Trinajstić information content (AvgIpc) is 2.75. The van der Waals surface area contributed by atoms with Gasteiger partial charge in [-0.25, -0.2) is 0 Å². The normalized spacial score (nSPS) is 11.9. The number of aryl methyl sites for hydroxylation is 1. The molecule has 0 aromatic heterocycles. The van der Waals surface area contributed by atoms with Gasteiger partial charge in [0.1, 0.15) is 5.75 Å². The van der Waals surface area contributed by atoms with Gasteiger partial charge >= 0.3 is 0 Å². The minimum Gasteiger partial charge on any atom is -0.497 e. The molecule has 0 bridgehead atoms. The van der Waals surface area contributed by atoms with Crippen LogP contribution >= 0.6 is 0 Å². The lowest BCUT2D eigenvalue weighted by Gasteiger charge is -2.19. The fourth-order valence-electron chi connectivity index (χ4n) is 3.55. The van der Waals surface area contributed by atoms with Gasteiger partial charge in [-0.2, -0.15) is 0 Å². The standard InChI is InChI=1S/C26H32N2O/c1-20-5-9-22(10-6-20)26(23-11-15-25(29-4)16-12-23)17-18-27-19-21-7-13-24(14-8-21)28(2)3/h5-16,26-27H,17-19H2,1-4H3/t26-/m0/s1. The van der Waals surface area contributed by atoms with Crippen molar-refractivity contribution >= 4 is 5.69 Å². The number of ether oxygens (including phenoxy) is 1. The molecule has 0 heterocycles. The molecule has 0 saturated carbocycles. The first-order valence-corrected chi connectivity index (χ1v) is 10.2. The van der Waals surface area contributed by atoms with Gasteiger partial charge in [-0.15, -0.1) is 0 Å². The summed E-state index contributed by atoms with van der Waals surface area (Å²) >= 11 is 0. The Labute approximate surface area is 175 Å². The van der Waals surface area contributed by atoms with Crippen LogP contribution in [0.1, 0.15) is 34.6 Å². The molecule has 3 aromatic rings. The highest BCUT2D eigenvalue weighted by molar-refractivity contribution is 5.46. The summed E-state index contributed by atoms with van der Waals surface area (Å²) in [5, 5.41) is 3.62. The number of nitrogens with zero attached hydrogens (tertiary/aromatic N) is 1. The SMILES string of the molecule is COc1ccc([C@@H](CCNCc2ccc(N(C)C)cc2)c2ccc(C)cc2)cc1. The number of methoxy groups -OCH3 is 1. The Morgan fingerprint density at radius 2 is 1.41 bits per heavy atom. The summed E-state index contributed by atoms with van der Waals surface area (Å²) in [6.45, 7) is 3.98. The van der Waals surface area contributed by atoms with Crippen LogP contribution in [0.15, 0.2) is 72.8 Å². The van der Waals surface area contributed by atoms with Crippen LogP contribution in [-0.2, 0) is 6.54 Å². The molecule has 0 fully saturated rings. The van der Waals surface area contributed by atoms with Crippen molar-refractivity contribution < 1.29 is 4.74 Å². The lowest BCUT2D eigenvalue weighted by molar-refractivity contribution is 0.414. The van der Waals surface area contributed by atoms with Crippen LogP contribution in [-0.4, -0.2) is 27.7 Å². The number of rotatable bonds is 9. The summed E-state index contributed by atoms with van der Waals surface area (Å²) in [7, 11) is 5.84. The molecular formula is C26H32N2O. The van der Waals surface area contributed by atoms with E-state index in [1.54, 1.807) is 7.11 Å². The molecule has 0 radical (unpaired) electrons. The summed E-state index contributed by atoms with van der Waals surface area (Å²) in [5.41, 5.74) is 6.52. The Kier molecular flexibility index (Phi) is 7.31. The van der Waals surface area contributed by atoms with Crippen molar-refractivity contribution in [2.75, 3.05) is 32.6 Å². The van der Waals surface area contributed by atoms with Crippen LogP contribution in [0.25, 0.3) is 0 Å². The van der Waals surface area contributed by atoms with E-state index < -0.39 is 0 Å². The molecule has 29 heavy (non-hydrogen) atoms. The van der Waals surface area contributed by atoms with Crippen molar-refractivity contribution in [3.63, 3.8) is 0 Å². The smallest absolute Gasteiger partial charge is 0.118 e. The predicted octanol–water partition coefficient (Wildman–Crippen LogP) is 5.38. The average molecular weight is 389 g/mol. The largest absolute Gasteiger partial charge is 0.497 e. The topological polar surface area (TPSA) is 24.5 Å². The number of benzene rings is 3. The molecule has 0 aliphatic carbocycles. The van der Waals surface area contributed by atoms with Crippen molar-refractivity contribution in [2.24, 2.45) is 0 Å². The Balaban J connectivity index is 1.64. The zero-order valence-corrected chi connectivity index (χ0v) is 18.0. The number of anilines is 1. The maximum Gasteiger partial charge on any atom is 0.118 e. The van der Waals surface area contributed by atoms with E-state index in [0.29, 0.717) is 5.92 Å². The molecule has 0 saturated heterocycles. The molecule has 3 aromatic carbocycles. The van der Waals surface area contributed by atoms with Gasteiger partial charge in [0.25, 0.3) is 0 Å². The van der Waals surface area contributed by atoms with Crippen molar-refractivity contribution in [1.82, 2.24) is 5.32 Å². The van der Waals surface area contributed by atoms with E-state index in [1.165, 1.54) is 27.9 Å². The molecule has 0 amide bonds. The van der Waals surface area contributed by atoms with Gasteiger partial charge in [0, 0.05) is 32.2 Å². The van der Waals surface area contributed by atoms with Gasteiger partial charge in [-0.3, -0.25) is 0 Å². The first kappa shape index (κ1) is 20.9. The lowest BCUT2D eigenvalue weighted by Crippen LogP contribution is -2.18. The summed E-state index contributed by atoms with van der Waals surface area (Å²) in [6, 6.07) is 26.1. The minimum absolute atomic E-state index is 0.366. The predicted molar refractivity (Wildman–Crippen MR) is 123 cm³/mol. The van der Waals surface area contributed by atoms with Crippen molar-refractivity contribution in [3.05, 3.63) is 95.1 Å². The Morgan fingerprint density at radius 1 is 0.828 bits per heavy atom. The second kappa shape index (κ2) is 10.1. The van der Waals surface area contributed by atoms with Crippen LogP contribution in [0.2, 0.25) is 0 Å². The van der Waals surface area contributed by atoms with E-state index in [4.69, 9.17) is 4.74 Å². The monoisotopic (exact) mass is 388 g/mol. The highest BCUT2D eigenvalue weighted by Crippen LogP contribution is 2.29. The zero-order valence-electron chi connectivity index (χ0n) is 18.0. The third-order valence-electron chi connectivity index (χ3n) is 5.39. The summed E-state index contributed by atoms with van der Waals surface area (Å²) in [4.78, 5) is 2.12. The minimum atomic E-state index is 0.366. The Hall–Kier alpha value is -2.78. The van der Waals surface area contributed by atoms with Gasteiger partial charge in [0.2, 0.25) is 0 Å². The van der Waals surface area contributed by atoms with Crippen LogP contribution in [0.3, 0.4) is 0 Å². The first-order chi connectivity index (χ1) is 14.1. The molecule has 0 unspecified atom stereocenters. The van der Waals surface area contributed by atoms with Crippen LogP contribution in [0.4, 0.5) is 5.69 Å². The molecule has 3 nitrogen and oxygen atoms in total. The molecular weight excluding hydrogens is 356 g/mol. The van der Waals surface area contributed by atoms with Crippen LogP contribution in [0, 0.1) is 6.92 Å². The van der Waals surface area contributed by atoms with E-state index >= 15 is 0 Å². The highest BCUT2D eigenvalue weighted by atomic mass is 16.5. The van der Waals surface area contributed by atoms with E-state index in [0.717, 1.165) is 25.3 Å². The number of nitrogens with one attached hydrogen (secondary N) is 1. The van der Waals surface area contributed by atoms with Crippen LogP contribution < -0.4 is 15.0 Å². The van der Waals surface area contributed by atoms with E-state index in [-0.39, 0.29) is 0 Å². The van der Waals surface area contributed by atoms with Crippen molar-refractivity contribution in [3.8, 4) is 5.75 Å². The third kappa shape index (κ3) is 5.85. The summed E-state index contributed by atoms with van der Waals surface area (Å²) in [6.07, 6.45) is 1.05. The molecule has 0 aliphatic rings. The number of hydrogen-bond acceptors (Lipinski definition) is 3. The van der Waals surface area contributed by atoms with E-state index in [9.17, 15) is 0 Å². The quantitative estimate of drug-likeness (QED) is 0.498. The molecule has 3 rings (SSSR count). The summed E-state index contributed by atoms with van der Waals surface area (Å²) in [5.74, 6) is 1.26.